The first kappa shape index (κ1) is 8.88. The second-order valence-electron chi connectivity index (χ2n) is 4.05. The Morgan fingerprint density at radius 3 is 2.31 bits per heavy atom. The molecule has 2 fully saturated rings. The van der Waals surface area contributed by atoms with Crippen LogP contribution in [0.1, 0.15) is 25.7 Å². The number of ketones is 2. The molecule has 1 heterocycles. The molecule has 0 amide bonds. The van der Waals surface area contributed by atoms with E-state index in [1.165, 1.54) is 0 Å². The molecule has 0 aromatic carbocycles. The summed E-state index contributed by atoms with van der Waals surface area (Å²) in [6.07, 6.45) is 2.38. The fourth-order valence-corrected chi connectivity index (χ4v) is 2.28. The summed E-state index contributed by atoms with van der Waals surface area (Å²) in [7, 11) is 0. The van der Waals surface area contributed by atoms with E-state index in [2.05, 4.69) is 0 Å². The van der Waals surface area contributed by atoms with Gasteiger partial charge in [0.05, 0.1) is 6.42 Å². The minimum atomic E-state index is 0.119. The van der Waals surface area contributed by atoms with E-state index in [4.69, 9.17) is 4.74 Å². The molecule has 0 bridgehead atoms. The molecule has 1 saturated heterocycles. The molecule has 0 aromatic heterocycles. The lowest BCUT2D eigenvalue weighted by atomic mass is 9.78. The molecule has 13 heavy (non-hydrogen) atoms. The lowest BCUT2D eigenvalue weighted by Gasteiger charge is -2.24. The minimum absolute atomic E-state index is 0.119. The molecule has 1 aliphatic heterocycles. The molecule has 2 aliphatic rings. The van der Waals surface area contributed by atoms with Crippen LogP contribution in [-0.4, -0.2) is 24.8 Å². The SMILES string of the molecule is O=C1CC(=O)CC([C@@H]2CCOC2)C1. The Hall–Kier alpha value is -0.700. The number of rotatable bonds is 1. The van der Waals surface area contributed by atoms with Gasteiger partial charge in [-0.3, -0.25) is 9.59 Å². The first-order valence-corrected chi connectivity index (χ1v) is 4.87. The average molecular weight is 182 g/mol. The van der Waals surface area contributed by atoms with Gasteiger partial charge in [0.2, 0.25) is 0 Å². The van der Waals surface area contributed by atoms with Crippen LogP contribution in [0.4, 0.5) is 0 Å². The summed E-state index contributed by atoms with van der Waals surface area (Å²) in [4.78, 5) is 22.4. The third-order valence-electron chi connectivity index (χ3n) is 3.01. The highest BCUT2D eigenvalue weighted by Crippen LogP contribution is 2.31. The van der Waals surface area contributed by atoms with Gasteiger partial charge in [-0.15, -0.1) is 0 Å². The summed E-state index contributed by atoms with van der Waals surface area (Å²) in [5, 5.41) is 0. The van der Waals surface area contributed by atoms with Gasteiger partial charge in [-0.1, -0.05) is 0 Å². The van der Waals surface area contributed by atoms with E-state index >= 15 is 0 Å². The maximum Gasteiger partial charge on any atom is 0.140 e. The highest BCUT2D eigenvalue weighted by molar-refractivity contribution is 6.01. The van der Waals surface area contributed by atoms with E-state index in [1.807, 2.05) is 0 Å². The van der Waals surface area contributed by atoms with Gasteiger partial charge in [-0.05, 0) is 18.3 Å². The van der Waals surface area contributed by atoms with E-state index in [0.717, 1.165) is 19.6 Å². The van der Waals surface area contributed by atoms with E-state index < -0.39 is 0 Å². The summed E-state index contributed by atoms with van der Waals surface area (Å²) in [5.74, 6) is 0.964. The first-order chi connectivity index (χ1) is 6.25. The van der Waals surface area contributed by atoms with Gasteiger partial charge in [0.25, 0.3) is 0 Å². The molecule has 2 rings (SSSR count). The molecule has 72 valence electrons. The van der Waals surface area contributed by atoms with Crippen LogP contribution in [0.15, 0.2) is 0 Å². The van der Waals surface area contributed by atoms with E-state index in [0.29, 0.717) is 18.8 Å². The van der Waals surface area contributed by atoms with Crippen LogP contribution in [0.5, 0.6) is 0 Å². The van der Waals surface area contributed by atoms with Crippen LogP contribution in [-0.2, 0) is 14.3 Å². The molecule has 3 heteroatoms. The van der Waals surface area contributed by atoms with Gasteiger partial charge >= 0.3 is 0 Å². The zero-order valence-corrected chi connectivity index (χ0v) is 7.62. The lowest BCUT2D eigenvalue weighted by molar-refractivity contribution is -0.132. The van der Waals surface area contributed by atoms with E-state index in [1.54, 1.807) is 0 Å². The number of carbonyl (C=O) groups excluding carboxylic acids is 2. The number of Topliss-reactive ketones (excluding diaryl/α,β-unsaturated/α-hetero) is 2. The Balaban J connectivity index is 1.97. The van der Waals surface area contributed by atoms with Crippen LogP contribution >= 0.6 is 0 Å². The Bertz CT molecular complexity index is 212. The summed E-state index contributed by atoms with van der Waals surface area (Å²) in [5.41, 5.74) is 0. The van der Waals surface area contributed by atoms with Crippen LogP contribution in [0.3, 0.4) is 0 Å². The maximum atomic E-state index is 11.2. The van der Waals surface area contributed by atoms with Crippen molar-refractivity contribution < 1.29 is 14.3 Å². The normalized spacial score (nSPS) is 31.2. The van der Waals surface area contributed by atoms with Crippen molar-refractivity contribution in [2.75, 3.05) is 13.2 Å². The van der Waals surface area contributed by atoms with Crippen molar-refractivity contribution in [1.29, 1.82) is 0 Å². The Morgan fingerprint density at radius 2 is 1.77 bits per heavy atom. The van der Waals surface area contributed by atoms with Crippen molar-refractivity contribution in [2.45, 2.75) is 25.7 Å². The zero-order valence-electron chi connectivity index (χ0n) is 7.62. The molecule has 1 atom stereocenters. The lowest BCUT2D eigenvalue weighted by Crippen LogP contribution is -2.28. The molecule has 0 unspecified atom stereocenters. The monoisotopic (exact) mass is 182 g/mol. The molecule has 1 saturated carbocycles. The second kappa shape index (κ2) is 3.58. The molecule has 0 radical (unpaired) electrons. The third-order valence-corrected chi connectivity index (χ3v) is 3.01. The van der Waals surface area contributed by atoms with Gasteiger partial charge in [-0.2, -0.15) is 0 Å². The van der Waals surface area contributed by atoms with Crippen molar-refractivity contribution in [3.05, 3.63) is 0 Å². The van der Waals surface area contributed by atoms with Gasteiger partial charge in [-0.25, -0.2) is 0 Å². The largest absolute Gasteiger partial charge is 0.381 e. The molecule has 0 spiro atoms. The predicted octanol–water partition coefficient (Wildman–Crippen LogP) is 0.961. The summed E-state index contributed by atoms with van der Waals surface area (Å²) in [6, 6.07) is 0. The van der Waals surface area contributed by atoms with Crippen molar-refractivity contribution in [3.63, 3.8) is 0 Å². The third kappa shape index (κ3) is 1.97. The molecular weight excluding hydrogens is 168 g/mol. The van der Waals surface area contributed by atoms with Gasteiger partial charge in [0.15, 0.2) is 0 Å². The van der Waals surface area contributed by atoms with Gasteiger partial charge < -0.3 is 4.74 Å². The van der Waals surface area contributed by atoms with E-state index in [9.17, 15) is 9.59 Å². The topological polar surface area (TPSA) is 43.4 Å². The van der Waals surface area contributed by atoms with Crippen LogP contribution in [0.25, 0.3) is 0 Å². The van der Waals surface area contributed by atoms with Gasteiger partial charge in [0, 0.05) is 26.1 Å². The number of ether oxygens (including phenoxy) is 1. The van der Waals surface area contributed by atoms with E-state index in [-0.39, 0.29) is 23.9 Å². The Kier molecular flexibility index (Phi) is 2.44. The zero-order chi connectivity index (χ0) is 9.26. The highest BCUT2D eigenvalue weighted by Gasteiger charge is 2.33. The van der Waals surface area contributed by atoms with Gasteiger partial charge in [0.1, 0.15) is 11.6 Å². The van der Waals surface area contributed by atoms with Crippen LogP contribution in [0.2, 0.25) is 0 Å². The molecule has 0 N–H and O–H groups in total. The van der Waals surface area contributed by atoms with Crippen molar-refractivity contribution in [3.8, 4) is 0 Å². The first-order valence-electron chi connectivity index (χ1n) is 4.87. The van der Waals surface area contributed by atoms with Crippen molar-refractivity contribution >= 4 is 11.6 Å². The standard InChI is InChI=1S/C10H14O3/c11-9-3-8(4-10(12)5-9)7-1-2-13-6-7/h7-8H,1-6H2/t7-/m1/s1. The highest BCUT2D eigenvalue weighted by atomic mass is 16.5. The molecule has 0 aromatic rings. The predicted molar refractivity (Wildman–Crippen MR) is 46.3 cm³/mol. The quantitative estimate of drug-likeness (QED) is 0.567. The number of hydrogen-bond acceptors (Lipinski definition) is 3. The molecule has 3 nitrogen and oxygen atoms in total. The average Bonchev–Trinajstić information content (AvgIpc) is 2.53. The van der Waals surface area contributed by atoms with Crippen LogP contribution < -0.4 is 0 Å². The maximum absolute atomic E-state index is 11.2. The fraction of sp³-hybridized carbons (Fsp3) is 0.800. The molecule has 1 aliphatic carbocycles. The van der Waals surface area contributed by atoms with Crippen LogP contribution in [0, 0.1) is 11.8 Å². The molecular formula is C10H14O3. The Morgan fingerprint density at radius 1 is 1.08 bits per heavy atom. The van der Waals surface area contributed by atoms with Crippen molar-refractivity contribution in [2.24, 2.45) is 11.8 Å². The summed E-state index contributed by atoms with van der Waals surface area (Å²) in [6.45, 7) is 1.54. The smallest absolute Gasteiger partial charge is 0.140 e. The van der Waals surface area contributed by atoms with Crippen molar-refractivity contribution in [1.82, 2.24) is 0 Å². The number of carbonyl (C=O) groups is 2. The summed E-state index contributed by atoms with van der Waals surface area (Å²) >= 11 is 0. The second-order valence-corrected chi connectivity index (χ2v) is 4.05. The Labute approximate surface area is 77.4 Å². The summed E-state index contributed by atoms with van der Waals surface area (Å²) < 4.78 is 5.26. The fourth-order valence-electron chi connectivity index (χ4n) is 2.28. The minimum Gasteiger partial charge on any atom is -0.381 e. The number of hydrogen-bond donors (Lipinski definition) is 0.